The number of carbonyl (C=O) groups excluding carboxylic acids is 2. The third-order valence-corrected chi connectivity index (χ3v) is 7.05. The van der Waals surface area contributed by atoms with Gasteiger partial charge in [-0.1, -0.05) is 6.07 Å². The van der Waals surface area contributed by atoms with Gasteiger partial charge in [0.25, 0.3) is 12.3 Å². The third-order valence-electron chi connectivity index (χ3n) is 7.05. The Kier molecular flexibility index (Phi) is 8.20. The van der Waals surface area contributed by atoms with E-state index in [0.29, 0.717) is 49.4 Å². The molecule has 3 aromatic rings. The van der Waals surface area contributed by atoms with E-state index in [1.165, 1.54) is 6.07 Å². The van der Waals surface area contributed by atoms with Crippen LogP contribution in [0.2, 0.25) is 0 Å². The van der Waals surface area contributed by atoms with Crippen LogP contribution in [-0.2, 0) is 36.8 Å². The maximum absolute atomic E-state index is 13.5. The summed E-state index contributed by atoms with van der Waals surface area (Å²) in [5.41, 5.74) is 1.70. The van der Waals surface area contributed by atoms with Crippen molar-refractivity contribution < 1.29 is 36.3 Å². The van der Waals surface area contributed by atoms with E-state index in [0.717, 1.165) is 28.8 Å². The van der Waals surface area contributed by atoms with Crippen LogP contribution >= 0.6 is 0 Å². The molecule has 12 heteroatoms. The first kappa shape index (κ1) is 28.5. The number of rotatable bonds is 8. The molecule has 0 saturated heterocycles. The van der Waals surface area contributed by atoms with Gasteiger partial charge in [-0.05, 0) is 78.8 Å². The number of fused-ring (bicyclic) bond motifs is 2. The molecule has 1 aromatic heterocycles. The fourth-order valence-corrected chi connectivity index (χ4v) is 5.08. The van der Waals surface area contributed by atoms with Crippen molar-refractivity contribution in [3.63, 3.8) is 0 Å². The number of carbonyl (C=O) groups is 2. The number of aryl methyl sites for hydroxylation is 1. The summed E-state index contributed by atoms with van der Waals surface area (Å²) in [5.74, 6) is 0.854. The molecule has 2 heterocycles. The molecule has 0 saturated carbocycles. The molecule has 0 radical (unpaired) electrons. The standard InChI is InChI=1S/C29H27F5N4O3/c30-25(31)15-35-14-16-9-19(11-20(10-16)29(32,33)34)28(40)37-21-3-1-17-2-4-22(13-18(17)12-21)41-24-7-8-36-27-23(24)5-6-26(39)38-27/h2,4,7-11,13,21,25,35H,1,3,5-6,12,14-15H2,(H,37,40)(H,36,38,39)/t21-/m1/s1. The third kappa shape index (κ3) is 6.99. The van der Waals surface area contributed by atoms with Crippen molar-refractivity contribution in [2.75, 3.05) is 11.9 Å². The lowest BCUT2D eigenvalue weighted by Crippen LogP contribution is -2.39. The van der Waals surface area contributed by atoms with Crippen LogP contribution in [-0.4, -0.2) is 35.8 Å². The minimum absolute atomic E-state index is 0.0827. The van der Waals surface area contributed by atoms with Crippen molar-refractivity contribution in [3.8, 4) is 11.5 Å². The van der Waals surface area contributed by atoms with E-state index in [1.54, 1.807) is 12.3 Å². The lowest BCUT2D eigenvalue weighted by Gasteiger charge is -2.26. The highest BCUT2D eigenvalue weighted by atomic mass is 19.4. The first-order valence-electron chi connectivity index (χ1n) is 13.1. The predicted octanol–water partition coefficient (Wildman–Crippen LogP) is 5.42. The Morgan fingerprint density at radius 1 is 1.07 bits per heavy atom. The van der Waals surface area contributed by atoms with Gasteiger partial charge in [-0.2, -0.15) is 13.2 Å². The van der Waals surface area contributed by atoms with Gasteiger partial charge < -0.3 is 20.7 Å². The number of nitrogens with zero attached hydrogens (tertiary/aromatic N) is 1. The molecule has 2 amide bonds. The van der Waals surface area contributed by atoms with E-state index in [4.69, 9.17) is 4.74 Å². The Morgan fingerprint density at radius 2 is 1.90 bits per heavy atom. The quantitative estimate of drug-likeness (QED) is 0.313. The van der Waals surface area contributed by atoms with Gasteiger partial charge in [0.2, 0.25) is 5.91 Å². The van der Waals surface area contributed by atoms with Crippen LogP contribution in [0.5, 0.6) is 11.5 Å². The highest BCUT2D eigenvalue weighted by molar-refractivity contribution is 5.95. The summed E-state index contributed by atoms with van der Waals surface area (Å²) in [5, 5.41) is 7.97. The SMILES string of the molecule is O=C1CCc2c(Oc3ccc4c(c3)C[C@H](NC(=O)c3cc(CNCC(F)F)cc(C(F)(F)F)c3)CC4)ccnc2N1. The Balaban J connectivity index is 1.29. The largest absolute Gasteiger partial charge is 0.457 e. The van der Waals surface area contributed by atoms with E-state index in [1.807, 2.05) is 18.2 Å². The van der Waals surface area contributed by atoms with Gasteiger partial charge in [-0.25, -0.2) is 13.8 Å². The molecular weight excluding hydrogens is 547 g/mol. The molecule has 2 aliphatic rings. The van der Waals surface area contributed by atoms with Gasteiger partial charge in [-0.15, -0.1) is 0 Å². The summed E-state index contributed by atoms with van der Waals surface area (Å²) in [4.78, 5) is 28.9. The Bertz CT molecular complexity index is 1460. The summed E-state index contributed by atoms with van der Waals surface area (Å²) in [7, 11) is 0. The average molecular weight is 575 g/mol. The number of aromatic nitrogens is 1. The van der Waals surface area contributed by atoms with Gasteiger partial charge >= 0.3 is 6.18 Å². The molecule has 2 aromatic carbocycles. The number of pyridine rings is 1. The number of hydrogen-bond donors (Lipinski definition) is 3. The van der Waals surface area contributed by atoms with Crippen molar-refractivity contribution in [3.05, 3.63) is 82.0 Å². The summed E-state index contributed by atoms with van der Waals surface area (Å²) in [6, 6.07) is 9.97. The number of ether oxygens (including phenoxy) is 1. The number of hydrogen-bond acceptors (Lipinski definition) is 5. The molecular formula is C29H27F5N4O3. The van der Waals surface area contributed by atoms with E-state index in [2.05, 4.69) is 20.9 Å². The summed E-state index contributed by atoms with van der Waals surface area (Å²) < 4.78 is 71.5. The number of nitrogens with one attached hydrogen (secondary N) is 3. The van der Waals surface area contributed by atoms with E-state index >= 15 is 0 Å². The van der Waals surface area contributed by atoms with Crippen LogP contribution in [0.4, 0.5) is 27.8 Å². The molecule has 0 bridgehead atoms. The zero-order chi connectivity index (χ0) is 29.1. The van der Waals surface area contributed by atoms with Crippen molar-refractivity contribution >= 4 is 17.6 Å². The van der Waals surface area contributed by atoms with Crippen LogP contribution in [0.25, 0.3) is 0 Å². The molecule has 3 N–H and O–H groups in total. The predicted molar refractivity (Wildman–Crippen MR) is 140 cm³/mol. The van der Waals surface area contributed by atoms with E-state index in [9.17, 15) is 31.5 Å². The maximum Gasteiger partial charge on any atom is 0.416 e. The first-order valence-corrected chi connectivity index (χ1v) is 13.1. The number of anilines is 1. The summed E-state index contributed by atoms with van der Waals surface area (Å²) >= 11 is 0. The fraction of sp³-hybridized carbons (Fsp3) is 0.345. The lowest BCUT2D eigenvalue weighted by molar-refractivity contribution is -0.137. The molecule has 0 unspecified atom stereocenters. The molecule has 5 rings (SSSR count). The second-order valence-corrected chi connectivity index (χ2v) is 10.1. The second-order valence-electron chi connectivity index (χ2n) is 10.1. The molecule has 7 nitrogen and oxygen atoms in total. The van der Waals surface area contributed by atoms with Gasteiger partial charge in [0, 0.05) is 36.3 Å². The Hall–Kier alpha value is -4.06. The highest BCUT2D eigenvalue weighted by Crippen LogP contribution is 2.35. The van der Waals surface area contributed by atoms with E-state index < -0.39 is 30.6 Å². The molecule has 1 atom stereocenters. The molecule has 0 fully saturated rings. The first-order chi connectivity index (χ1) is 19.5. The number of alkyl halides is 5. The Morgan fingerprint density at radius 3 is 2.68 bits per heavy atom. The monoisotopic (exact) mass is 574 g/mol. The Labute approximate surface area is 232 Å². The van der Waals surface area contributed by atoms with Crippen LogP contribution in [0.1, 0.15) is 51.0 Å². The van der Waals surface area contributed by atoms with E-state index in [-0.39, 0.29) is 29.6 Å². The summed E-state index contributed by atoms with van der Waals surface area (Å²) in [6.07, 6.45) is -3.26. The van der Waals surface area contributed by atoms with Crippen molar-refractivity contribution in [2.24, 2.45) is 0 Å². The minimum Gasteiger partial charge on any atom is -0.457 e. The number of halogens is 5. The second kappa shape index (κ2) is 11.8. The van der Waals surface area contributed by atoms with Gasteiger partial charge in [-0.3, -0.25) is 9.59 Å². The minimum atomic E-state index is -4.70. The van der Waals surface area contributed by atoms with Gasteiger partial charge in [0.15, 0.2) is 0 Å². The van der Waals surface area contributed by atoms with Crippen molar-refractivity contribution in [2.45, 2.75) is 57.3 Å². The highest BCUT2D eigenvalue weighted by Gasteiger charge is 2.32. The maximum atomic E-state index is 13.5. The van der Waals surface area contributed by atoms with Crippen LogP contribution in [0.3, 0.4) is 0 Å². The number of amides is 2. The van der Waals surface area contributed by atoms with Gasteiger partial charge in [0.05, 0.1) is 12.1 Å². The molecule has 1 aliphatic heterocycles. The van der Waals surface area contributed by atoms with Gasteiger partial charge in [0.1, 0.15) is 17.3 Å². The lowest BCUT2D eigenvalue weighted by atomic mass is 9.88. The normalized spacial score (nSPS) is 16.5. The van der Waals surface area contributed by atoms with Crippen LogP contribution in [0.15, 0.2) is 48.7 Å². The number of benzene rings is 2. The molecule has 41 heavy (non-hydrogen) atoms. The molecule has 1 aliphatic carbocycles. The summed E-state index contributed by atoms with van der Waals surface area (Å²) in [6.45, 7) is -0.910. The zero-order valence-corrected chi connectivity index (χ0v) is 21.8. The van der Waals surface area contributed by atoms with Crippen LogP contribution in [0, 0.1) is 0 Å². The average Bonchev–Trinajstić information content (AvgIpc) is 2.92. The van der Waals surface area contributed by atoms with Crippen molar-refractivity contribution in [1.82, 2.24) is 15.6 Å². The topological polar surface area (TPSA) is 92.3 Å². The smallest absolute Gasteiger partial charge is 0.416 e. The van der Waals surface area contributed by atoms with Crippen LogP contribution < -0.4 is 20.7 Å². The molecule has 0 spiro atoms. The molecule has 216 valence electrons. The fourth-order valence-electron chi connectivity index (χ4n) is 5.08. The van der Waals surface area contributed by atoms with Crippen molar-refractivity contribution in [1.29, 1.82) is 0 Å². The zero-order valence-electron chi connectivity index (χ0n) is 21.8.